The number of aryl methyl sites for hydroxylation is 1. The average molecular weight is 611 g/mol. The Morgan fingerprint density at radius 3 is 1.90 bits per heavy atom. The second-order valence-electron chi connectivity index (χ2n) is 9.43. The fourth-order valence-electron chi connectivity index (χ4n) is 4.00. The molecule has 3 aromatic carbocycles. The number of thioether (sulfide) groups is 1. The molecule has 0 aromatic heterocycles. The van der Waals surface area contributed by atoms with Crippen molar-refractivity contribution >= 4 is 23.5 Å². The van der Waals surface area contributed by atoms with Crippen LogP contribution in [-0.4, -0.2) is 47.9 Å². The standard InChI is InChI=1S/C31H31F5O5S/c32-30(33,31(34,35)36)29(39)24-12-16-26(17-13-24)41-20-5-19-40-25-14-10-23(11-15-25)27(42-21-18-28(37)38)9-4-8-22-6-2-1-3-7-22/h1-3,6-7,10-17,27H,4-5,8-9,18-21H2,(H,37,38). The number of aliphatic carboxylic acids is 1. The summed E-state index contributed by atoms with van der Waals surface area (Å²) in [6.45, 7) is 0.495. The number of carboxylic acid groups (broad SMARTS) is 1. The predicted octanol–water partition coefficient (Wildman–Crippen LogP) is 8.19. The summed E-state index contributed by atoms with van der Waals surface area (Å²) in [7, 11) is 0. The quantitative estimate of drug-likeness (QED) is 0.0944. The van der Waals surface area contributed by atoms with Gasteiger partial charge in [-0.15, -0.1) is 0 Å². The highest BCUT2D eigenvalue weighted by Crippen LogP contribution is 2.38. The maximum atomic E-state index is 13.2. The van der Waals surface area contributed by atoms with Crippen molar-refractivity contribution in [1.29, 1.82) is 0 Å². The molecule has 0 aliphatic carbocycles. The molecule has 0 heterocycles. The minimum Gasteiger partial charge on any atom is -0.493 e. The van der Waals surface area contributed by atoms with Gasteiger partial charge in [0.05, 0.1) is 19.6 Å². The first-order valence-corrected chi connectivity index (χ1v) is 14.3. The molecule has 11 heteroatoms. The molecule has 0 radical (unpaired) electrons. The van der Waals surface area contributed by atoms with E-state index in [0.717, 1.165) is 49.1 Å². The molecule has 0 fully saturated rings. The van der Waals surface area contributed by atoms with Crippen LogP contribution < -0.4 is 9.47 Å². The number of alkyl halides is 5. The largest absolute Gasteiger partial charge is 0.493 e. The number of hydrogen-bond acceptors (Lipinski definition) is 5. The van der Waals surface area contributed by atoms with Crippen LogP contribution >= 0.6 is 11.8 Å². The lowest BCUT2D eigenvalue weighted by molar-refractivity contribution is -0.255. The van der Waals surface area contributed by atoms with E-state index >= 15 is 0 Å². The number of hydrogen-bond donors (Lipinski definition) is 1. The smallest absolute Gasteiger partial charge is 0.461 e. The van der Waals surface area contributed by atoms with Gasteiger partial charge in [0, 0.05) is 23.0 Å². The lowest BCUT2D eigenvalue weighted by Crippen LogP contribution is -2.44. The van der Waals surface area contributed by atoms with Gasteiger partial charge in [0.1, 0.15) is 11.5 Å². The average Bonchev–Trinajstić information content (AvgIpc) is 2.96. The van der Waals surface area contributed by atoms with Crippen molar-refractivity contribution in [1.82, 2.24) is 0 Å². The van der Waals surface area contributed by atoms with Gasteiger partial charge >= 0.3 is 18.1 Å². The minimum atomic E-state index is -5.97. The van der Waals surface area contributed by atoms with Crippen LogP contribution in [0.4, 0.5) is 22.0 Å². The number of Topliss-reactive ketones (excluding diaryl/α,β-unsaturated/α-hetero) is 1. The lowest BCUT2D eigenvalue weighted by atomic mass is 10.0. The van der Waals surface area contributed by atoms with Crippen molar-refractivity contribution in [3.63, 3.8) is 0 Å². The first kappa shape index (κ1) is 32.9. The molecule has 1 N–H and O–H groups in total. The van der Waals surface area contributed by atoms with Crippen LogP contribution in [0.25, 0.3) is 0 Å². The first-order chi connectivity index (χ1) is 20.0. The van der Waals surface area contributed by atoms with Crippen LogP contribution in [0, 0.1) is 0 Å². The number of carboxylic acids is 1. The van der Waals surface area contributed by atoms with Gasteiger partial charge in [0.25, 0.3) is 0 Å². The van der Waals surface area contributed by atoms with Crippen LogP contribution in [0.3, 0.4) is 0 Å². The van der Waals surface area contributed by atoms with E-state index in [4.69, 9.17) is 14.6 Å². The fourth-order valence-corrected chi connectivity index (χ4v) is 5.26. The van der Waals surface area contributed by atoms with Gasteiger partial charge in [-0.1, -0.05) is 42.5 Å². The molecule has 0 saturated heterocycles. The van der Waals surface area contributed by atoms with Crippen LogP contribution in [0.2, 0.25) is 0 Å². The van der Waals surface area contributed by atoms with E-state index < -0.39 is 29.4 Å². The molecule has 0 saturated carbocycles. The van der Waals surface area contributed by atoms with E-state index in [2.05, 4.69) is 12.1 Å². The zero-order valence-corrected chi connectivity index (χ0v) is 23.4. The zero-order chi connectivity index (χ0) is 30.6. The second kappa shape index (κ2) is 15.6. The number of halogens is 5. The molecule has 42 heavy (non-hydrogen) atoms. The number of ether oxygens (including phenoxy) is 2. The Labute approximate surface area is 245 Å². The van der Waals surface area contributed by atoms with E-state index in [1.807, 2.05) is 42.5 Å². The van der Waals surface area contributed by atoms with E-state index in [1.54, 1.807) is 11.8 Å². The molecule has 3 rings (SSSR count). The Morgan fingerprint density at radius 2 is 1.36 bits per heavy atom. The Morgan fingerprint density at radius 1 is 0.786 bits per heavy atom. The number of rotatable bonds is 17. The van der Waals surface area contributed by atoms with Crippen molar-refractivity contribution < 1.29 is 46.1 Å². The molecule has 1 atom stereocenters. The van der Waals surface area contributed by atoms with Crippen LogP contribution in [-0.2, 0) is 11.2 Å². The first-order valence-electron chi connectivity index (χ1n) is 13.3. The van der Waals surface area contributed by atoms with Crippen LogP contribution in [0.15, 0.2) is 78.9 Å². The Balaban J connectivity index is 1.44. The summed E-state index contributed by atoms with van der Waals surface area (Å²) in [5.41, 5.74) is 1.58. The number of carbonyl (C=O) groups excluding carboxylic acids is 1. The van der Waals surface area contributed by atoms with Gasteiger partial charge < -0.3 is 14.6 Å². The zero-order valence-electron chi connectivity index (χ0n) is 22.6. The molecular weight excluding hydrogens is 579 g/mol. The maximum absolute atomic E-state index is 13.2. The predicted molar refractivity (Wildman–Crippen MR) is 151 cm³/mol. The summed E-state index contributed by atoms with van der Waals surface area (Å²) in [5, 5.41) is 9.17. The monoisotopic (exact) mass is 610 g/mol. The molecule has 226 valence electrons. The molecule has 0 bridgehead atoms. The highest BCUT2D eigenvalue weighted by atomic mass is 32.2. The molecule has 0 aliphatic heterocycles. The van der Waals surface area contributed by atoms with Gasteiger partial charge in [-0.25, -0.2) is 0 Å². The Hall–Kier alpha value is -3.60. The van der Waals surface area contributed by atoms with Crippen molar-refractivity contribution in [2.75, 3.05) is 19.0 Å². The van der Waals surface area contributed by atoms with Gasteiger partial charge in [-0.3, -0.25) is 9.59 Å². The molecular formula is C31H31F5O5S. The Kier molecular flexibility index (Phi) is 12.2. The van der Waals surface area contributed by atoms with Crippen LogP contribution in [0.5, 0.6) is 11.5 Å². The molecule has 5 nitrogen and oxygen atoms in total. The summed E-state index contributed by atoms with van der Waals surface area (Å²) in [5.74, 6) is -7.24. The number of ketones is 1. The topological polar surface area (TPSA) is 72.8 Å². The summed E-state index contributed by atoms with van der Waals surface area (Å²) in [4.78, 5) is 22.5. The second-order valence-corrected chi connectivity index (χ2v) is 10.7. The summed E-state index contributed by atoms with van der Waals surface area (Å²) < 4.78 is 74.9. The van der Waals surface area contributed by atoms with E-state index in [-0.39, 0.29) is 24.0 Å². The highest BCUT2D eigenvalue weighted by Gasteiger charge is 2.63. The number of carbonyl (C=O) groups is 2. The van der Waals surface area contributed by atoms with Crippen LogP contribution in [0.1, 0.15) is 52.4 Å². The third-order valence-electron chi connectivity index (χ3n) is 6.25. The van der Waals surface area contributed by atoms with E-state index in [9.17, 15) is 31.5 Å². The maximum Gasteiger partial charge on any atom is 0.461 e. The summed E-state index contributed by atoms with van der Waals surface area (Å²) in [6, 6.07) is 21.9. The minimum absolute atomic E-state index is 0.0966. The van der Waals surface area contributed by atoms with E-state index in [0.29, 0.717) is 24.5 Å². The molecule has 0 spiro atoms. The lowest BCUT2D eigenvalue weighted by Gasteiger charge is -2.18. The summed E-state index contributed by atoms with van der Waals surface area (Å²) >= 11 is 1.63. The SMILES string of the molecule is O=C(O)CCSC(CCCc1ccccc1)c1ccc(OCCCOc2ccc(C(=O)C(F)(F)C(F)(F)F)cc2)cc1. The molecule has 0 amide bonds. The van der Waals surface area contributed by atoms with Gasteiger partial charge in [0.15, 0.2) is 0 Å². The van der Waals surface area contributed by atoms with Crippen molar-refractivity contribution in [3.8, 4) is 11.5 Å². The molecule has 1 unspecified atom stereocenters. The van der Waals surface area contributed by atoms with Crippen molar-refractivity contribution in [3.05, 3.63) is 95.6 Å². The summed E-state index contributed by atoms with van der Waals surface area (Å²) in [6.07, 6.45) is -2.61. The normalized spacial score (nSPS) is 12.5. The van der Waals surface area contributed by atoms with E-state index in [1.165, 1.54) is 5.56 Å². The third kappa shape index (κ3) is 10.0. The van der Waals surface area contributed by atoms with Gasteiger partial charge in [-0.2, -0.15) is 33.7 Å². The number of benzene rings is 3. The third-order valence-corrected chi connectivity index (χ3v) is 7.60. The van der Waals surface area contributed by atoms with Crippen molar-refractivity contribution in [2.45, 2.75) is 49.5 Å². The fraction of sp³-hybridized carbons (Fsp3) is 0.355. The highest BCUT2D eigenvalue weighted by molar-refractivity contribution is 7.99. The van der Waals surface area contributed by atoms with Gasteiger partial charge in [-0.05, 0) is 66.8 Å². The van der Waals surface area contributed by atoms with Gasteiger partial charge in [0.2, 0.25) is 5.78 Å². The van der Waals surface area contributed by atoms with Crippen molar-refractivity contribution in [2.24, 2.45) is 0 Å². The molecule has 3 aromatic rings. The Bertz CT molecular complexity index is 1270. The molecule has 0 aliphatic rings.